The molecular weight excluding hydrogens is 252 g/mol. The number of thiophene rings is 1. The van der Waals surface area contributed by atoms with Gasteiger partial charge in [-0.25, -0.2) is 0 Å². The first-order valence-corrected chi connectivity index (χ1v) is 6.47. The largest absolute Gasteiger partial charge is 0.293 e. The molecule has 0 aliphatic heterocycles. The van der Waals surface area contributed by atoms with Gasteiger partial charge in [0.15, 0.2) is 0 Å². The van der Waals surface area contributed by atoms with Crippen LogP contribution < -0.4 is 5.32 Å². The van der Waals surface area contributed by atoms with Crippen molar-refractivity contribution in [3.8, 4) is 6.07 Å². The van der Waals surface area contributed by atoms with Crippen molar-refractivity contribution in [2.75, 3.05) is 0 Å². The van der Waals surface area contributed by atoms with Crippen molar-refractivity contribution in [1.29, 1.82) is 5.26 Å². The second-order valence-corrected chi connectivity index (χ2v) is 4.98. The Morgan fingerprint density at radius 3 is 2.76 bits per heavy atom. The van der Waals surface area contributed by atoms with Crippen LogP contribution in [0.4, 0.5) is 0 Å². The average Bonchev–Trinajstić information content (AvgIpc) is 2.85. The third-order valence-electron chi connectivity index (χ3n) is 2.41. The van der Waals surface area contributed by atoms with Crippen molar-refractivity contribution in [3.63, 3.8) is 0 Å². The molecule has 86 valence electrons. The predicted molar refractivity (Wildman–Crippen MR) is 71.0 cm³/mol. The molecule has 1 aromatic heterocycles. The van der Waals surface area contributed by atoms with Gasteiger partial charge < -0.3 is 0 Å². The molecule has 0 bridgehead atoms. The molecule has 1 heterocycles. The van der Waals surface area contributed by atoms with Gasteiger partial charge in [0.2, 0.25) is 0 Å². The van der Waals surface area contributed by atoms with Crippen molar-refractivity contribution in [3.05, 3.63) is 57.2 Å². The van der Waals surface area contributed by atoms with Crippen LogP contribution in [0.25, 0.3) is 0 Å². The molecule has 4 heteroatoms. The predicted octanol–water partition coefficient (Wildman–Crippen LogP) is 3.76. The Bertz CT molecular complexity index is 516. The molecule has 0 saturated carbocycles. The molecule has 0 aliphatic rings. The van der Waals surface area contributed by atoms with Gasteiger partial charge in [0, 0.05) is 22.0 Å². The maximum Gasteiger partial charge on any atom is 0.123 e. The van der Waals surface area contributed by atoms with Crippen molar-refractivity contribution < 1.29 is 0 Å². The number of halogens is 1. The molecular formula is C13H11ClN2S. The second-order valence-electron chi connectivity index (χ2n) is 3.54. The Kier molecular flexibility index (Phi) is 4.16. The molecule has 2 rings (SSSR count). The summed E-state index contributed by atoms with van der Waals surface area (Å²) in [5.41, 5.74) is 0.827. The van der Waals surface area contributed by atoms with E-state index in [4.69, 9.17) is 16.9 Å². The molecule has 1 unspecified atom stereocenters. The molecule has 0 fully saturated rings. The van der Waals surface area contributed by atoms with E-state index in [9.17, 15) is 0 Å². The number of hydrogen-bond donors (Lipinski definition) is 1. The number of benzene rings is 1. The highest BCUT2D eigenvalue weighted by Gasteiger charge is 2.12. The second kappa shape index (κ2) is 5.83. The van der Waals surface area contributed by atoms with Gasteiger partial charge in [0.05, 0.1) is 6.07 Å². The SMILES string of the molecule is N#CC(NCc1cccs1)c1ccccc1Cl. The summed E-state index contributed by atoms with van der Waals surface area (Å²) < 4.78 is 0. The first-order valence-electron chi connectivity index (χ1n) is 5.21. The summed E-state index contributed by atoms with van der Waals surface area (Å²) in [6.07, 6.45) is 0. The Labute approximate surface area is 109 Å². The van der Waals surface area contributed by atoms with Gasteiger partial charge in [-0.3, -0.25) is 5.32 Å². The van der Waals surface area contributed by atoms with Crippen molar-refractivity contribution in [1.82, 2.24) is 5.32 Å². The quantitative estimate of drug-likeness (QED) is 0.911. The highest BCUT2D eigenvalue weighted by atomic mass is 35.5. The summed E-state index contributed by atoms with van der Waals surface area (Å²) in [5, 5.41) is 15.0. The first kappa shape index (κ1) is 12.1. The fraction of sp³-hybridized carbons (Fsp3) is 0.154. The minimum Gasteiger partial charge on any atom is -0.293 e. The minimum atomic E-state index is -0.370. The third-order valence-corrected chi connectivity index (χ3v) is 3.63. The van der Waals surface area contributed by atoms with Gasteiger partial charge in [-0.2, -0.15) is 5.26 Å². The third kappa shape index (κ3) is 3.07. The number of nitriles is 1. The van der Waals surface area contributed by atoms with Crippen LogP contribution in [0.15, 0.2) is 41.8 Å². The minimum absolute atomic E-state index is 0.370. The maximum atomic E-state index is 9.16. The zero-order valence-electron chi connectivity index (χ0n) is 9.06. The molecule has 2 aromatic rings. The van der Waals surface area contributed by atoms with Gasteiger partial charge >= 0.3 is 0 Å². The van der Waals surface area contributed by atoms with Crippen LogP contribution >= 0.6 is 22.9 Å². The lowest BCUT2D eigenvalue weighted by Gasteiger charge is -2.12. The summed E-state index contributed by atoms with van der Waals surface area (Å²) in [7, 11) is 0. The van der Waals surface area contributed by atoms with Gasteiger partial charge in [0.25, 0.3) is 0 Å². The van der Waals surface area contributed by atoms with Crippen LogP contribution in [-0.4, -0.2) is 0 Å². The summed E-state index contributed by atoms with van der Waals surface area (Å²) in [4.78, 5) is 1.21. The van der Waals surface area contributed by atoms with E-state index in [0.29, 0.717) is 11.6 Å². The topological polar surface area (TPSA) is 35.8 Å². The normalized spacial score (nSPS) is 12.0. The Balaban J connectivity index is 2.08. The van der Waals surface area contributed by atoms with Gasteiger partial charge in [-0.05, 0) is 17.5 Å². The lowest BCUT2D eigenvalue weighted by atomic mass is 10.1. The monoisotopic (exact) mass is 262 g/mol. The Morgan fingerprint density at radius 2 is 2.12 bits per heavy atom. The van der Waals surface area contributed by atoms with Gasteiger partial charge in [-0.15, -0.1) is 11.3 Å². The molecule has 0 radical (unpaired) electrons. The molecule has 17 heavy (non-hydrogen) atoms. The van der Waals surface area contributed by atoms with E-state index in [0.717, 1.165) is 5.56 Å². The fourth-order valence-electron chi connectivity index (χ4n) is 1.55. The summed E-state index contributed by atoms with van der Waals surface area (Å²) in [6, 6.07) is 13.3. The van der Waals surface area contributed by atoms with E-state index in [2.05, 4.69) is 11.4 Å². The first-order chi connectivity index (χ1) is 8.31. The highest BCUT2D eigenvalue weighted by Crippen LogP contribution is 2.22. The summed E-state index contributed by atoms with van der Waals surface area (Å²) >= 11 is 7.74. The van der Waals surface area contributed by atoms with Crippen LogP contribution in [0.5, 0.6) is 0 Å². The number of nitrogens with one attached hydrogen (secondary N) is 1. The molecule has 2 nitrogen and oxygen atoms in total. The summed E-state index contributed by atoms with van der Waals surface area (Å²) in [6.45, 7) is 0.682. The van der Waals surface area contributed by atoms with Crippen LogP contribution in [0.1, 0.15) is 16.5 Å². The van der Waals surface area contributed by atoms with Crippen LogP contribution in [-0.2, 0) is 6.54 Å². The van der Waals surface area contributed by atoms with Gasteiger partial charge in [0.1, 0.15) is 6.04 Å². The molecule has 0 aliphatic carbocycles. The number of nitrogens with zero attached hydrogens (tertiary/aromatic N) is 1. The lowest BCUT2D eigenvalue weighted by molar-refractivity contribution is 0.636. The molecule has 0 amide bonds. The number of hydrogen-bond acceptors (Lipinski definition) is 3. The fourth-order valence-corrected chi connectivity index (χ4v) is 2.45. The molecule has 0 saturated heterocycles. The van der Waals surface area contributed by atoms with Gasteiger partial charge in [-0.1, -0.05) is 35.9 Å². The molecule has 0 spiro atoms. The van der Waals surface area contributed by atoms with E-state index in [1.807, 2.05) is 35.7 Å². The van der Waals surface area contributed by atoms with Crippen LogP contribution in [0, 0.1) is 11.3 Å². The average molecular weight is 263 g/mol. The summed E-state index contributed by atoms with van der Waals surface area (Å²) in [5.74, 6) is 0. The standard InChI is InChI=1S/C13H11ClN2S/c14-12-6-2-1-5-11(12)13(8-15)16-9-10-4-3-7-17-10/h1-7,13,16H,9H2. The molecule has 1 aromatic carbocycles. The lowest BCUT2D eigenvalue weighted by Crippen LogP contribution is -2.19. The van der Waals surface area contributed by atoms with Crippen LogP contribution in [0.2, 0.25) is 5.02 Å². The highest BCUT2D eigenvalue weighted by molar-refractivity contribution is 7.09. The van der Waals surface area contributed by atoms with Crippen molar-refractivity contribution in [2.45, 2.75) is 12.6 Å². The smallest absolute Gasteiger partial charge is 0.123 e. The Hall–Kier alpha value is -1.34. The van der Waals surface area contributed by atoms with Crippen molar-refractivity contribution >= 4 is 22.9 Å². The van der Waals surface area contributed by atoms with E-state index >= 15 is 0 Å². The zero-order chi connectivity index (χ0) is 12.1. The molecule has 1 N–H and O–H groups in total. The maximum absolute atomic E-state index is 9.16. The molecule has 1 atom stereocenters. The van der Waals surface area contributed by atoms with Crippen molar-refractivity contribution in [2.24, 2.45) is 0 Å². The van der Waals surface area contributed by atoms with Crippen LogP contribution in [0.3, 0.4) is 0 Å². The van der Waals surface area contributed by atoms with E-state index in [-0.39, 0.29) is 6.04 Å². The van der Waals surface area contributed by atoms with E-state index in [1.54, 1.807) is 17.4 Å². The zero-order valence-corrected chi connectivity index (χ0v) is 10.6. The van der Waals surface area contributed by atoms with E-state index < -0.39 is 0 Å². The Morgan fingerprint density at radius 1 is 1.29 bits per heavy atom. The van der Waals surface area contributed by atoms with E-state index in [1.165, 1.54) is 4.88 Å². The number of rotatable bonds is 4.